The van der Waals surface area contributed by atoms with E-state index in [-0.39, 0.29) is 0 Å². The Morgan fingerprint density at radius 3 is 2.48 bits per heavy atom. The van der Waals surface area contributed by atoms with E-state index in [0.29, 0.717) is 13.2 Å². The maximum atomic E-state index is 5.77. The molecule has 0 bridgehead atoms. The lowest BCUT2D eigenvalue weighted by Gasteiger charge is -2.04. The summed E-state index contributed by atoms with van der Waals surface area (Å²) in [5.41, 5.74) is 1.16. The standard InChI is InChI=1S/C17H23NO2S/c1-3-10-18-11-16-8-9-17(21-16)13-20-12-14-4-6-15(19-2)7-5-14/h4-9,18H,3,10-13H2,1-2H3. The fourth-order valence-electron chi connectivity index (χ4n) is 1.97. The molecule has 0 amide bonds. The van der Waals surface area contributed by atoms with Gasteiger partial charge in [-0.1, -0.05) is 19.1 Å². The van der Waals surface area contributed by atoms with Gasteiger partial charge in [0.25, 0.3) is 0 Å². The Bertz CT molecular complexity index is 522. The van der Waals surface area contributed by atoms with Gasteiger partial charge in [0.1, 0.15) is 5.75 Å². The van der Waals surface area contributed by atoms with Gasteiger partial charge in [-0.25, -0.2) is 0 Å². The van der Waals surface area contributed by atoms with Crippen LogP contribution in [0.15, 0.2) is 36.4 Å². The largest absolute Gasteiger partial charge is 0.497 e. The molecule has 1 aromatic heterocycles. The number of methoxy groups -OCH3 is 1. The Kier molecular flexibility index (Phi) is 6.73. The predicted octanol–water partition coefficient (Wildman–Crippen LogP) is 3.97. The van der Waals surface area contributed by atoms with Crippen LogP contribution in [0.3, 0.4) is 0 Å². The Morgan fingerprint density at radius 2 is 1.76 bits per heavy atom. The van der Waals surface area contributed by atoms with E-state index in [4.69, 9.17) is 9.47 Å². The molecule has 0 spiro atoms. The highest BCUT2D eigenvalue weighted by Crippen LogP contribution is 2.18. The normalized spacial score (nSPS) is 10.8. The van der Waals surface area contributed by atoms with Crippen molar-refractivity contribution in [2.75, 3.05) is 13.7 Å². The molecule has 0 unspecified atom stereocenters. The number of thiophene rings is 1. The van der Waals surface area contributed by atoms with Gasteiger partial charge in [-0.15, -0.1) is 11.3 Å². The zero-order valence-electron chi connectivity index (χ0n) is 12.7. The van der Waals surface area contributed by atoms with Gasteiger partial charge in [-0.3, -0.25) is 0 Å². The number of hydrogen-bond acceptors (Lipinski definition) is 4. The summed E-state index contributed by atoms with van der Waals surface area (Å²) < 4.78 is 10.9. The molecule has 4 heteroatoms. The smallest absolute Gasteiger partial charge is 0.118 e. The predicted molar refractivity (Wildman–Crippen MR) is 87.8 cm³/mol. The minimum absolute atomic E-state index is 0.630. The average molecular weight is 305 g/mol. The number of hydrogen-bond donors (Lipinski definition) is 1. The third kappa shape index (κ3) is 5.50. The zero-order valence-corrected chi connectivity index (χ0v) is 13.5. The van der Waals surface area contributed by atoms with Crippen LogP contribution in [0.25, 0.3) is 0 Å². The van der Waals surface area contributed by atoms with Crippen LogP contribution >= 0.6 is 11.3 Å². The third-order valence-electron chi connectivity index (χ3n) is 3.12. The summed E-state index contributed by atoms with van der Waals surface area (Å²) in [6, 6.07) is 12.3. The molecule has 0 atom stereocenters. The number of rotatable bonds is 9. The van der Waals surface area contributed by atoms with Crippen LogP contribution in [0.2, 0.25) is 0 Å². The van der Waals surface area contributed by atoms with Crippen LogP contribution in [-0.2, 0) is 24.5 Å². The third-order valence-corrected chi connectivity index (χ3v) is 4.17. The Morgan fingerprint density at radius 1 is 1.00 bits per heavy atom. The number of nitrogens with one attached hydrogen (secondary N) is 1. The first-order valence-corrected chi connectivity index (χ1v) is 8.12. The molecule has 1 heterocycles. The number of benzene rings is 1. The molecule has 21 heavy (non-hydrogen) atoms. The summed E-state index contributed by atoms with van der Waals surface area (Å²) in [6.07, 6.45) is 1.17. The van der Waals surface area contributed by atoms with Crippen molar-refractivity contribution in [3.8, 4) is 5.75 Å². The van der Waals surface area contributed by atoms with Crippen LogP contribution < -0.4 is 10.1 Å². The van der Waals surface area contributed by atoms with E-state index in [1.54, 1.807) is 7.11 Å². The van der Waals surface area contributed by atoms with E-state index in [1.165, 1.54) is 16.2 Å². The fourth-order valence-corrected chi connectivity index (χ4v) is 2.90. The van der Waals surface area contributed by atoms with Crippen molar-refractivity contribution in [2.45, 2.75) is 33.1 Å². The van der Waals surface area contributed by atoms with E-state index < -0.39 is 0 Å². The summed E-state index contributed by atoms with van der Waals surface area (Å²) in [5.74, 6) is 0.876. The molecular formula is C17H23NO2S. The lowest BCUT2D eigenvalue weighted by atomic mass is 10.2. The molecule has 0 aliphatic heterocycles. The van der Waals surface area contributed by atoms with Crippen molar-refractivity contribution >= 4 is 11.3 Å². The van der Waals surface area contributed by atoms with Crippen molar-refractivity contribution in [2.24, 2.45) is 0 Å². The minimum Gasteiger partial charge on any atom is -0.497 e. The molecule has 3 nitrogen and oxygen atoms in total. The molecular weight excluding hydrogens is 282 g/mol. The molecule has 1 N–H and O–H groups in total. The molecule has 0 saturated heterocycles. The van der Waals surface area contributed by atoms with Crippen LogP contribution in [0.1, 0.15) is 28.7 Å². The summed E-state index contributed by atoms with van der Waals surface area (Å²) in [6.45, 7) is 5.51. The molecule has 0 aliphatic carbocycles. The highest BCUT2D eigenvalue weighted by atomic mass is 32.1. The second-order valence-corrected chi connectivity index (χ2v) is 6.14. The highest BCUT2D eigenvalue weighted by molar-refractivity contribution is 7.11. The molecule has 0 saturated carbocycles. The molecule has 1 aromatic carbocycles. The fraction of sp³-hybridized carbons (Fsp3) is 0.412. The van der Waals surface area contributed by atoms with E-state index in [2.05, 4.69) is 24.4 Å². The maximum absolute atomic E-state index is 5.77. The van der Waals surface area contributed by atoms with E-state index in [1.807, 2.05) is 35.6 Å². The molecule has 0 fully saturated rings. The van der Waals surface area contributed by atoms with Gasteiger partial charge in [0.2, 0.25) is 0 Å². The van der Waals surface area contributed by atoms with Gasteiger partial charge >= 0.3 is 0 Å². The van der Waals surface area contributed by atoms with Gasteiger partial charge < -0.3 is 14.8 Å². The van der Waals surface area contributed by atoms with Gasteiger partial charge in [-0.05, 0) is 42.8 Å². The van der Waals surface area contributed by atoms with E-state index >= 15 is 0 Å². The van der Waals surface area contributed by atoms with Crippen molar-refractivity contribution in [3.63, 3.8) is 0 Å². The van der Waals surface area contributed by atoms with Crippen LogP contribution in [0.5, 0.6) is 5.75 Å². The van der Waals surface area contributed by atoms with Crippen LogP contribution in [0, 0.1) is 0 Å². The summed E-state index contributed by atoms with van der Waals surface area (Å²) >= 11 is 1.82. The molecule has 114 valence electrons. The van der Waals surface area contributed by atoms with Gasteiger partial charge in [0, 0.05) is 16.3 Å². The van der Waals surface area contributed by atoms with Crippen molar-refractivity contribution in [1.82, 2.24) is 5.32 Å². The first-order valence-electron chi connectivity index (χ1n) is 7.30. The van der Waals surface area contributed by atoms with Crippen molar-refractivity contribution in [3.05, 3.63) is 51.7 Å². The number of ether oxygens (including phenoxy) is 2. The molecule has 2 rings (SSSR count). The molecule has 0 aliphatic rings. The Hall–Kier alpha value is -1.36. The quantitative estimate of drug-likeness (QED) is 0.711. The van der Waals surface area contributed by atoms with Gasteiger partial charge in [-0.2, -0.15) is 0 Å². The van der Waals surface area contributed by atoms with Gasteiger partial charge in [0.15, 0.2) is 0 Å². The summed E-state index contributed by atoms with van der Waals surface area (Å²) in [5, 5.41) is 3.42. The lowest BCUT2D eigenvalue weighted by Crippen LogP contribution is -2.12. The monoisotopic (exact) mass is 305 g/mol. The second-order valence-electron chi connectivity index (χ2n) is 4.89. The van der Waals surface area contributed by atoms with Crippen molar-refractivity contribution < 1.29 is 9.47 Å². The van der Waals surface area contributed by atoms with Crippen molar-refractivity contribution in [1.29, 1.82) is 0 Å². The Labute approximate surface area is 130 Å². The zero-order chi connectivity index (χ0) is 14.9. The average Bonchev–Trinajstić information content (AvgIpc) is 2.96. The first-order chi connectivity index (χ1) is 10.3. The minimum atomic E-state index is 0.630. The van der Waals surface area contributed by atoms with E-state index in [0.717, 1.165) is 24.4 Å². The second kappa shape index (κ2) is 8.82. The molecule has 2 aromatic rings. The molecule has 0 radical (unpaired) electrons. The van der Waals surface area contributed by atoms with Crippen LogP contribution in [0.4, 0.5) is 0 Å². The lowest BCUT2D eigenvalue weighted by molar-refractivity contribution is 0.109. The SMILES string of the molecule is CCCNCc1ccc(COCc2ccc(OC)cc2)s1. The van der Waals surface area contributed by atoms with Gasteiger partial charge in [0.05, 0.1) is 20.3 Å². The topological polar surface area (TPSA) is 30.5 Å². The summed E-state index contributed by atoms with van der Waals surface area (Å²) in [4.78, 5) is 2.64. The highest BCUT2D eigenvalue weighted by Gasteiger charge is 2.01. The van der Waals surface area contributed by atoms with E-state index in [9.17, 15) is 0 Å². The summed E-state index contributed by atoms with van der Waals surface area (Å²) in [7, 11) is 1.68. The Balaban J connectivity index is 1.72. The first kappa shape index (κ1) is 16.0. The maximum Gasteiger partial charge on any atom is 0.118 e. The van der Waals surface area contributed by atoms with Crippen LogP contribution in [-0.4, -0.2) is 13.7 Å².